The molecule has 26 heavy (non-hydrogen) atoms. The van der Waals surface area contributed by atoms with Crippen molar-refractivity contribution in [1.82, 2.24) is 15.1 Å². The fourth-order valence-electron chi connectivity index (χ4n) is 2.70. The van der Waals surface area contributed by atoms with Crippen molar-refractivity contribution in [2.24, 2.45) is 0 Å². The van der Waals surface area contributed by atoms with Crippen LogP contribution >= 0.6 is 0 Å². The monoisotopic (exact) mass is 361 g/mol. The number of hydrogen-bond donors (Lipinski definition) is 1. The molecule has 0 unspecified atom stereocenters. The highest BCUT2D eigenvalue weighted by Crippen LogP contribution is 2.28. The third-order valence-electron chi connectivity index (χ3n) is 4.29. The van der Waals surface area contributed by atoms with Gasteiger partial charge in [0.25, 0.3) is 11.8 Å². The van der Waals surface area contributed by atoms with Gasteiger partial charge in [-0.3, -0.25) is 19.3 Å². The predicted octanol–water partition coefficient (Wildman–Crippen LogP) is 0.782. The zero-order chi connectivity index (χ0) is 19.6. The first-order valence-electron chi connectivity index (χ1n) is 8.18. The van der Waals surface area contributed by atoms with E-state index in [4.69, 9.17) is 4.74 Å². The van der Waals surface area contributed by atoms with Crippen LogP contribution in [0.3, 0.4) is 0 Å². The Hall–Kier alpha value is -2.90. The Bertz CT molecular complexity index is 744. The average molecular weight is 361 g/mol. The molecule has 8 nitrogen and oxygen atoms in total. The van der Waals surface area contributed by atoms with Gasteiger partial charge in [0.1, 0.15) is 12.1 Å². The maximum atomic E-state index is 12.7. The van der Waals surface area contributed by atoms with Crippen molar-refractivity contribution in [3.05, 3.63) is 35.4 Å². The van der Waals surface area contributed by atoms with Gasteiger partial charge < -0.3 is 15.0 Å². The first-order chi connectivity index (χ1) is 12.1. The molecule has 2 rings (SSSR count). The van der Waals surface area contributed by atoms with E-state index >= 15 is 0 Å². The molecule has 0 saturated carbocycles. The first kappa shape index (κ1) is 19.4. The van der Waals surface area contributed by atoms with E-state index in [-0.39, 0.29) is 5.91 Å². The van der Waals surface area contributed by atoms with Gasteiger partial charge in [0.05, 0.1) is 0 Å². The van der Waals surface area contributed by atoms with Crippen molar-refractivity contribution in [2.75, 3.05) is 20.6 Å². The van der Waals surface area contributed by atoms with E-state index < -0.39 is 36.1 Å². The van der Waals surface area contributed by atoms with Gasteiger partial charge in [-0.2, -0.15) is 0 Å². The molecule has 1 aliphatic heterocycles. The Kier molecular flexibility index (Phi) is 5.34. The molecular formula is C18H23N3O5. The Labute approximate surface area is 152 Å². The van der Waals surface area contributed by atoms with Gasteiger partial charge in [-0.1, -0.05) is 29.8 Å². The number of ether oxygens (including phenoxy) is 1. The molecule has 0 radical (unpaired) electrons. The van der Waals surface area contributed by atoms with Gasteiger partial charge in [0.2, 0.25) is 0 Å². The summed E-state index contributed by atoms with van der Waals surface area (Å²) in [4.78, 5) is 50.9. The minimum absolute atomic E-state index is 0.389. The minimum Gasteiger partial charge on any atom is -0.451 e. The maximum absolute atomic E-state index is 12.7. The first-order valence-corrected chi connectivity index (χ1v) is 8.18. The predicted molar refractivity (Wildman–Crippen MR) is 93.0 cm³/mol. The number of nitrogens with zero attached hydrogens (tertiary/aromatic N) is 2. The number of aryl methyl sites for hydroxylation is 1. The highest BCUT2D eigenvalue weighted by Gasteiger charge is 2.49. The largest absolute Gasteiger partial charge is 0.451 e. The summed E-state index contributed by atoms with van der Waals surface area (Å²) in [5.74, 6) is -1.76. The number of likely N-dealkylation sites (N-methyl/N-ethyl adjacent to an activating group) is 1. The van der Waals surface area contributed by atoms with Crippen LogP contribution in [0.2, 0.25) is 0 Å². The molecule has 1 aromatic carbocycles. The summed E-state index contributed by atoms with van der Waals surface area (Å²) in [5, 5.41) is 2.62. The SMILES string of the molecule is Cc1ccc([C@]2(C)NC(=O)N(CC(=O)O[C@@H](C)C(=O)N(C)C)C2=O)cc1. The standard InChI is InChI=1S/C18H23N3O5/c1-11-6-8-13(9-7-11)18(3)16(24)21(17(25)19-18)10-14(22)26-12(2)15(23)20(4)5/h6-9,12H,10H2,1-5H3,(H,19,25)/t12-,18-/m0/s1. The Morgan fingerprint density at radius 1 is 1.23 bits per heavy atom. The van der Waals surface area contributed by atoms with Crippen LogP contribution in [0.4, 0.5) is 4.79 Å². The molecule has 2 atom stereocenters. The molecular weight excluding hydrogens is 338 g/mol. The van der Waals surface area contributed by atoms with Crippen molar-refractivity contribution >= 4 is 23.8 Å². The van der Waals surface area contributed by atoms with Gasteiger partial charge in [-0.25, -0.2) is 4.79 Å². The Morgan fingerprint density at radius 2 is 1.81 bits per heavy atom. The molecule has 1 N–H and O–H groups in total. The number of amides is 4. The minimum atomic E-state index is -1.25. The lowest BCUT2D eigenvalue weighted by atomic mass is 9.91. The zero-order valence-corrected chi connectivity index (χ0v) is 15.5. The second kappa shape index (κ2) is 7.15. The number of carbonyl (C=O) groups excluding carboxylic acids is 4. The van der Waals surface area contributed by atoms with E-state index in [0.29, 0.717) is 5.56 Å². The molecule has 1 aliphatic rings. The number of imide groups is 1. The van der Waals surface area contributed by atoms with Crippen LogP contribution in [0.15, 0.2) is 24.3 Å². The second-order valence-electron chi connectivity index (χ2n) is 6.68. The van der Waals surface area contributed by atoms with Crippen LogP contribution in [0, 0.1) is 6.92 Å². The molecule has 1 heterocycles. The molecule has 4 amide bonds. The third-order valence-corrected chi connectivity index (χ3v) is 4.29. The third kappa shape index (κ3) is 3.68. The van der Waals surface area contributed by atoms with Crippen molar-refractivity contribution in [2.45, 2.75) is 32.4 Å². The van der Waals surface area contributed by atoms with Crippen molar-refractivity contribution in [3.63, 3.8) is 0 Å². The summed E-state index contributed by atoms with van der Waals surface area (Å²) in [6, 6.07) is 6.51. The number of urea groups is 1. The molecule has 0 bridgehead atoms. The number of benzene rings is 1. The quantitative estimate of drug-likeness (QED) is 0.618. The summed E-state index contributed by atoms with van der Waals surface area (Å²) in [5.41, 5.74) is 0.387. The van der Waals surface area contributed by atoms with Crippen LogP contribution in [-0.2, 0) is 24.7 Å². The van der Waals surface area contributed by atoms with Gasteiger partial charge in [-0.05, 0) is 26.3 Å². The number of hydrogen-bond acceptors (Lipinski definition) is 5. The summed E-state index contributed by atoms with van der Waals surface area (Å²) in [6.07, 6.45) is -0.998. The van der Waals surface area contributed by atoms with Crippen LogP contribution in [0.1, 0.15) is 25.0 Å². The molecule has 1 fully saturated rings. The van der Waals surface area contributed by atoms with Crippen molar-refractivity contribution in [1.29, 1.82) is 0 Å². The van der Waals surface area contributed by atoms with Crippen LogP contribution in [0.25, 0.3) is 0 Å². The molecule has 140 valence electrons. The van der Waals surface area contributed by atoms with Crippen LogP contribution < -0.4 is 5.32 Å². The van der Waals surface area contributed by atoms with E-state index in [1.807, 2.05) is 19.1 Å². The van der Waals surface area contributed by atoms with Gasteiger partial charge in [0, 0.05) is 14.1 Å². The van der Waals surface area contributed by atoms with Crippen LogP contribution in [0.5, 0.6) is 0 Å². The summed E-state index contributed by atoms with van der Waals surface area (Å²) in [6.45, 7) is 4.38. The van der Waals surface area contributed by atoms with E-state index in [9.17, 15) is 19.2 Å². The average Bonchev–Trinajstić information content (AvgIpc) is 2.78. The zero-order valence-electron chi connectivity index (χ0n) is 15.5. The van der Waals surface area contributed by atoms with E-state index in [2.05, 4.69) is 5.32 Å². The lowest BCUT2D eigenvalue weighted by Crippen LogP contribution is -2.42. The molecule has 1 saturated heterocycles. The fraction of sp³-hybridized carbons (Fsp3) is 0.444. The summed E-state index contributed by atoms with van der Waals surface area (Å²) in [7, 11) is 3.08. The summed E-state index contributed by atoms with van der Waals surface area (Å²) >= 11 is 0. The van der Waals surface area contributed by atoms with Crippen molar-refractivity contribution in [3.8, 4) is 0 Å². The highest BCUT2D eigenvalue weighted by molar-refractivity contribution is 6.08. The second-order valence-corrected chi connectivity index (χ2v) is 6.68. The number of nitrogens with one attached hydrogen (secondary N) is 1. The van der Waals surface area contributed by atoms with Gasteiger partial charge >= 0.3 is 12.0 Å². The van der Waals surface area contributed by atoms with E-state index in [1.165, 1.54) is 25.9 Å². The molecule has 0 aliphatic carbocycles. The Balaban J connectivity index is 2.10. The normalized spacial score (nSPS) is 20.6. The van der Waals surface area contributed by atoms with E-state index in [0.717, 1.165) is 10.5 Å². The lowest BCUT2D eigenvalue weighted by molar-refractivity contribution is -0.159. The fourth-order valence-corrected chi connectivity index (χ4v) is 2.70. The summed E-state index contributed by atoms with van der Waals surface area (Å²) < 4.78 is 5.02. The highest BCUT2D eigenvalue weighted by atomic mass is 16.5. The van der Waals surface area contributed by atoms with Gasteiger partial charge in [-0.15, -0.1) is 0 Å². The molecule has 0 aromatic heterocycles. The van der Waals surface area contributed by atoms with Crippen molar-refractivity contribution < 1.29 is 23.9 Å². The number of carbonyl (C=O) groups is 4. The number of esters is 1. The number of rotatable bonds is 5. The Morgan fingerprint density at radius 3 is 2.35 bits per heavy atom. The smallest absolute Gasteiger partial charge is 0.327 e. The molecule has 8 heteroatoms. The topological polar surface area (TPSA) is 96.0 Å². The van der Waals surface area contributed by atoms with Crippen LogP contribution in [-0.4, -0.2) is 60.4 Å². The lowest BCUT2D eigenvalue weighted by Gasteiger charge is -2.22. The maximum Gasteiger partial charge on any atom is 0.327 e. The molecule has 0 spiro atoms. The molecule has 1 aromatic rings. The van der Waals surface area contributed by atoms with Gasteiger partial charge in [0.15, 0.2) is 6.10 Å². The van der Waals surface area contributed by atoms with E-state index in [1.54, 1.807) is 19.1 Å².